The van der Waals surface area contributed by atoms with Crippen molar-refractivity contribution in [3.05, 3.63) is 28.8 Å². The summed E-state index contributed by atoms with van der Waals surface area (Å²) in [5.74, 6) is 0.807. The maximum atomic E-state index is 12.7. The van der Waals surface area contributed by atoms with Crippen molar-refractivity contribution in [3.63, 3.8) is 0 Å². The Kier molecular flexibility index (Phi) is 5.97. The Morgan fingerprint density at radius 1 is 1.31 bits per heavy atom. The van der Waals surface area contributed by atoms with E-state index in [1.807, 2.05) is 13.0 Å². The lowest BCUT2D eigenvalue weighted by Gasteiger charge is -2.28. The van der Waals surface area contributed by atoms with Crippen LogP contribution in [0.2, 0.25) is 5.02 Å². The summed E-state index contributed by atoms with van der Waals surface area (Å²) in [6, 6.07) is 7.33. The fraction of sp³-hybridized carbons (Fsp3) is 0.500. The zero-order valence-electron chi connectivity index (χ0n) is 16.3. The van der Waals surface area contributed by atoms with Crippen LogP contribution in [0.15, 0.2) is 23.4 Å². The van der Waals surface area contributed by atoms with Crippen LogP contribution in [0.5, 0.6) is 0 Å². The van der Waals surface area contributed by atoms with Gasteiger partial charge in [-0.15, -0.1) is 10.2 Å². The quantitative estimate of drug-likeness (QED) is 0.689. The van der Waals surface area contributed by atoms with E-state index in [2.05, 4.69) is 25.0 Å². The molecule has 0 radical (unpaired) electrons. The van der Waals surface area contributed by atoms with Crippen molar-refractivity contribution in [1.82, 2.24) is 14.8 Å². The summed E-state index contributed by atoms with van der Waals surface area (Å²) >= 11 is 7.48. The second-order valence-electron chi connectivity index (χ2n) is 7.49. The molecule has 29 heavy (non-hydrogen) atoms. The first-order valence-electron chi connectivity index (χ1n) is 9.94. The molecule has 1 atom stereocenters. The zero-order chi connectivity index (χ0) is 20.4. The summed E-state index contributed by atoms with van der Waals surface area (Å²) in [6.45, 7) is 3.90. The van der Waals surface area contributed by atoms with E-state index in [9.17, 15) is 4.79 Å². The van der Waals surface area contributed by atoms with Crippen molar-refractivity contribution in [1.29, 1.82) is 5.26 Å². The predicted octanol–water partition coefficient (Wildman–Crippen LogP) is 4.25. The zero-order valence-corrected chi connectivity index (χ0v) is 17.8. The number of anilines is 2. The normalized spacial score (nSPS) is 17.6. The van der Waals surface area contributed by atoms with Gasteiger partial charge in [-0.3, -0.25) is 9.36 Å². The van der Waals surface area contributed by atoms with Gasteiger partial charge in [0.2, 0.25) is 11.9 Å². The number of nitrogens with one attached hydrogen (secondary N) is 1. The smallest absolute Gasteiger partial charge is 0.237 e. The molecule has 2 aromatic rings. The number of thioether (sulfide) groups is 1. The minimum Gasteiger partial charge on any atom is -0.341 e. The number of halogens is 1. The first-order valence-corrected chi connectivity index (χ1v) is 11.2. The van der Waals surface area contributed by atoms with E-state index in [4.69, 9.17) is 16.9 Å². The SMILES string of the molecule is CC(Sc1nnc(N2CCCCC2)n1C1CC1)C(=O)Nc1ccc(C#N)c(Cl)c1. The van der Waals surface area contributed by atoms with Crippen LogP contribution in [0, 0.1) is 11.3 Å². The summed E-state index contributed by atoms with van der Waals surface area (Å²) in [6.07, 6.45) is 5.91. The third-order valence-corrected chi connectivity index (χ3v) is 6.58. The maximum absolute atomic E-state index is 12.7. The number of nitrogens with zero attached hydrogens (tertiary/aromatic N) is 5. The van der Waals surface area contributed by atoms with E-state index in [-0.39, 0.29) is 11.2 Å². The second kappa shape index (κ2) is 8.64. The van der Waals surface area contributed by atoms with Crippen LogP contribution in [-0.4, -0.2) is 39.0 Å². The molecule has 1 saturated carbocycles. The number of benzene rings is 1. The van der Waals surface area contributed by atoms with Crippen molar-refractivity contribution in [3.8, 4) is 6.07 Å². The third-order valence-electron chi connectivity index (χ3n) is 5.21. The van der Waals surface area contributed by atoms with Crippen molar-refractivity contribution >= 4 is 40.9 Å². The van der Waals surface area contributed by atoms with E-state index in [0.29, 0.717) is 22.3 Å². The molecule has 1 N–H and O–H groups in total. The van der Waals surface area contributed by atoms with Gasteiger partial charge in [-0.25, -0.2) is 0 Å². The van der Waals surface area contributed by atoms with E-state index < -0.39 is 0 Å². The van der Waals surface area contributed by atoms with Gasteiger partial charge in [0.05, 0.1) is 15.8 Å². The largest absolute Gasteiger partial charge is 0.341 e. The van der Waals surface area contributed by atoms with Gasteiger partial charge in [0.1, 0.15) is 6.07 Å². The van der Waals surface area contributed by atoms with Crippen LogP contribution in [0.3, 0.4) is 0 Å². The van der Waals surface area contributed by atoms with Crippen molar-refractivity contribution in [2.45, 2.75) is 55.5 Å². The first kappa shape index (κ1) is 20.0. The molecule has 4 rings (SSSR count). The lowest BCUT2D eigenvalue weighted by atomic mass is 10.1. The summed E-state index contributed by atoms with van der Waals surface area (Å²) < 4.78 is 2.22. The molecule has 1 amide bonds. The van der Waals surface area contributed by atoms with E-state index >= 15 is 0 Å². The number of hydrogen-bond acceptors (Lipinski definition) is 6. The number of carbonyl (C=O) groups excluding carboxylic acids is 1. The molecule has 1 saturated heterocycles. The van der Waals surface area contributed by atoms with Gasteiger partial charge in [0.15, 0.2) is 5.16 Å². The van der Waals surface area contributed by atoms with Crippen LogP contribution in [-0.2, 0) is 4.79 Å². The van der Waals surface area contributed by atoms with E-state index in [1.54, 1.807) is 18.2 Å². The first-order chi connectivity index (χ1) is 14.1. The highest BCUT2D eigenvalue weighted by atomic mass is 35.5. The highest BCUT2D eigenvalue weighted by Gasteiger charge is 2.33. The van der Waals surface area contributed by atoms with Gasteiger partial charge in [-0.05, 0) is 57.2 Å². The second-order valence-corrected chi connectivity index (χ2v) is 9.20. The molecule has 7 nitrogen and oxygen atoms in total. The molecule has 0 spiro atoms. The molecule has 2 aliphatic rings. The Balaban J connectivity index is 1.46. The molecular weight excluding hydrogens is 408 g/mol. The van der Waals surface area contributed by atoms with Gasteiger partial charge >= 0.3 is 0 Å². The summed E-state index contributed by atoms with van der Waals surface area (Å²) in [4.78, 5) is 15.0. The molecule has 1 aromatic heterocycles. The van der Waals surface area contributed by atoms with Crippen LogP contribution in [0.25, 0.3) is 0 Å². The molecule has 1 aliphatic carbocycles. The molecule has 1 aromatic carbocycles. The molecule has 2 heterocycles. The van der Waals surface area contributed by atoms with E-state index in [1.165, 1.54) is 31.0 Å². The van der Waals surface area contributed by atoms with Gasteiger partial charge in [0.25, 0.3) is 0 Å². The number of nitriles is 1. The average Bonchev–Trinajstić information content (AvgIpc) is 3.48. The average molecular weight is 431 g/mol. The molecule has 2 fully saturated rings. The highest BCUT2D eigenvalue weighted by molar-refractivity contribution is 8.00. The lowest BCUT2D eigenvalue weighted by Crippen LogP contribution is -2.32. The monoisotopic (exact) mass is 430 g/mol. The summed E-state index contributed by atoms with van der Waals surface area (Å²) in [5, 5.41) is 21.5. The summed E-state index contributed by atoms with van der Waals surface area (Å²) in [5.41, 5.74) is 0.957. The molecule has 1 aliphatic heterocycles. The number of piperidine rings is 1. The van der Waals surface area contributed by atoms with Gasteiger partial charge < -0.3 is 10.2 Å². The fourth-order valence-electron chi connectivity index (χ4n) is 3.45. The van der Waals surface area contributed by atoms with Crippen LogP contribution in [0.4, 0.5) is 11.6 Å². The molecule has 9 heteroatoms. The molecule has 1 unspecified atom stereocenters. The van der Waals surface area contributed by atoms with E-state index in [0.717, 1.165) is 37.0 Å². The Hall–Kier alpha value is -2.24. The van der Waals surface area contributed by atoms with Crippen molar-refractivity contribution in [2.75, 3.05) is 23.3 Å². The Morgan fingerprint density at radius 3 is 2.72 bits per heavy atom. The van der Waals surface area contributed by atoms with Crippen LogP contribution < -0.4 is 10.2 Å². The number of carbonyl (C=O) groups is 1. The minimum absolute atomic E-state index is 0.138. The number of hydrogen-bond donors (Lipinski definition) is 1. The highest BCUT2D eigenvalue weighted by Crippen LogP contribution is 2.42. The maximum Gasteiger partial charge on any atom is 0.237 e. The topological polar surface area (TPSA) is 86.8 Å². The minimum atomic E-state index is -0.347. The predicted molar refractivity (Wildman–Crippen MR) is 114 cm³/mol. The third kappa shape index (κ3) is 4.51. The summed E-state index contributed by atoms with van der Waals surface area (Å²) in [7, 11) is 0. The Labute approximate surface area is 179 Å². The Morgan fingerprint density at radius 2 is 2.07 bits per heavy atom. The fourth-order valence-corrected chi connectivity index (χ4v) is 4.59. The van der Waals surface area contributed by atoms with Gasteiger partial charge in [-0.2, -0.15) is 5.26 Å². The Bertz CT molecular complexity index is 945. The molecule has 152 valence electrons. The molecule has 0 bridgehead atoms. The van der Waals surface area contributed by atoms with Gasteiger partial charge in [0, 0.05) is 24.8 Å². The standard InChI is InChI=1S/C20H23ClN6OS/c1-13(18(28)23-15-6-5-14(12-22)17(21)11-15)29-20-25-24-19(27(20)16-7-8-16)26-9-3-2-4-10-26/h5-6,11,13,16H,2-4,7-10H2,1H3,(H,23,28). The lowest BCUT2D eigenvalue weighted by molar-refractivity contribution is -0.115. The van der Waals surface area contributed by atoms with Crippen LogP contribution >= 0.6 is 23.4 Å². The van der Waals surface area contributed by atoms with Crippen LogP contribution in [0.1, 0.15) is 50.6 Å². The van der Waals surface area contributed by atoms with Crippen molar-refractivity contribution in [2.24, 2.45) is 0 Å². The number of rotatable bonds is 6. The van der Waals surface area contributed by atoms with Gasteiger partial charge in [-0.1, -0.05) is 23.4 Å². The number of aromatic nitrogens is 3. The number of amides is 1. The molecular formula is C20H23ClN6OS. The van der Waals surface area contributed by atoms with Crippen molar-refractivity contribution < 1.29 is 4.79 Å².